The number of benzene rings is 2. The summed E-state index contributed by atoms with van der Waals surface area (Å²) in [6.45, 7) is 2.27. The lowest BCUT2D eigenvalue weighted by Crippen LogP contribution is -2.02. The van der Waals surface area contributed by atoms with Gasteiger partial charge >= 0.3 is 6.16 Å². The molecular formula is C22H30O3. The van der Waals surface area contributed by atoms with Crippen LogP contribution in [0.5, 0.6) is 5.75 Å². The van der Waals surface area contributed by atoms with Crippen LogP contribution < -0.4 is 4.74 Å². The van der Waals surface area contributed by atoms with E-state index in [1.54, 1.807) is 30.3 Å². The first-order chi connectivity index (χ1) is 12.2. The first-order valence-corrected chi connectivity index (χ1v) is 9.22. The number of hydrogen-bond donors (Lipinski definition) is 1. The van der Waals surface area contributed by atoms with Crippen LogP contribution in [0, 0.1) is 0 Å². The van der Waals surface area contributed by atoms with Gasteiger partial charge < -0.3 is 9.84 Å². The Hall–Kier alpha value is -2.29. The summed E-state index contributed by atoms with van der Waals surface area (Å²) in [5.41, 5.74) is 1.49. The van der Waals surface area contributed by atoms with Crippen LogP contribution in [0.2, 0.25) is 0 Å². The lowest BCUT2D eigenvalue weighted by molar-refractivity contribution is 0.144. The molecule has 2 aromatic rings. The third-order valence-electron chi connectivity index (χ3n) is 3.86. The van der Waals surface area contributed by atoms with E-state index >= 15 is 0 Å². The highest BCUT2D eigenvalue weighted by Crippen LogP contribution is 2.10. The van der Waals surface area contributed by atoms with E-state index < -0.39 is 6.16 Å². The summed E-state index contributed by atoms with van der Waals surface area (Å²) in [7, 11) is 0. The highest BCUT2D eigenvalue weighted by atomic mass is 16.7. The Morgan fingerprint density at radius 3 is 1.88 bits per heavy atom. The normalized spacial score (nSPS) is 9.80. The van der Waals surface area contributed by atoms with Gasteiger partial charge in [0.15, 0.2) is 0 Å². The SMILES string of the molecule is CCCCCCCCCc1ccccc1.O=C(O)Oc1ccccc1. The van der Waals surface area contributed by atoms with E-state index in [1.165, 1.54) is 56.9 Å². The standard InChI is InChI=1S/C15H24.C7H6O3/c1-2-3-4-5-6-7-9-12-15-13-10-8-11-14-15;8-7(9)10-6-4-2-1-3-5-6/h8,10-11,13-14H,2-7,9,12H2,1H3;1-5H,(H,8,9). The molecule has 0 saturated carbocycles. The molecule has 2 aromatic carbocycles. The van der Waals surface area contributed by atoms with Gasteiger partial charge in [-0.05, 0) is 30.5 Å². The van der Waals surface area contributed by atoms with Crippen LogP contribution in [0.25, 0.3) is 0 Å². The van der Waals surface area contributed by atoms with Gasteiger partial charge in [-0.2, -0.15) is 0 Å². The fourth-order valence-corrected chi connectivity index (χ4v) is 2.52. The topological polar surface area (TPSA) is 46.5 Å². The molecule has 25 heavy (non-hydrogen) atoms. The zero-order valence-corrected chi connectivity index (χ0v) is 15.2. The molecule has 0 saturated heterocycles. The molecule has 1 N–H and O–H groups in total. The zero-order chi connectivity index (χ0) is 18.2. The van der Waals surface area contributed by atoms with Crippen LogP contribution in [-0.2, 0) is 6.42 Å². The van der Waals surface area contributed by atoms with E-state index in [2.05, 4.69) is 42.0 Å². The highest BCUT2D eigenvalue weighted by Gasteiger charge is 1.96. The summed E-state index contributed by atoms with van der Waals surface area (Å²) in [6, 6.07) is 19.2. The third-order valence-corrected chi connectivity index (χ3v) is 3.86. The fourth-order valence-electron chi connectivity index (χ4n) is 2.52. The van der Waals surface area contributed by atoms with Gasteiger partial charge in [0.05, 0.1) is 0 Å². The van der Waals surface area contributed by atoms with Crippen molar-refractivity contribution in [2.24, 2.45) is 0 Å². The van der Waals surface area contributed by atoms with Crippen molar-refractivity contribution < 1.29 is 14.6 Å². The van der Waals surface area contributed by atoms with Crippen molar-refractivity contribution in [3.8, 4) is 5.75 Å². The summed E-state index contributed by atoms with van der Waals surface area (Å²) < 4.78 is 4.33. The van der Waals surface area contributed by atoms with E-state index in [-0.39, 0.29) is 0 Å². The van der Waals surface area contributed by atoms with Crippen molar-refractivity contribution in [2.75, 3.05) is 0 Å². The molecule has 0 heterocycles. The van der Waals surface area contributed by atoms with Crippen LogP contribution >= 0.6 is 0 Å². The molecule has 3 nitrogen and oxygen atoms in total. The third kappa shape index (κ3) is 11.8. The van der Waals surface area contributed by atoms with Crippen molar-refractivity contribution in [3.63, 3.8) is 0 Å². The average molecular weight is 342 g/mol. The van der Waals surface area contributed by atoms with E-state index in [0.29, 0.717) is 5.75 Å². The van der Waals surface area contributed by atoms with Crippen molar-refractivity contribution >= 4 is 6.16 Å². The van der Waals surface area contributed by atoms with Gasteiger partial charge in [0, 0.05) is 0 Å². The van der Waals surface area contributed by atoms with Crippen LogP contribution in [-0.4, -0.2) is 11.3 Å². The maximum atomic E-state index is 9.95. The number of carbonyl (C=O) groups is 1. The lowest BCUT2D eigenvalue weighted by atomic mass is 10.0. The number of carboxylic acid groups (broad SMARTS) is 1. The number of para-hydroxylation sites is 1. The molecule has 0 amide bonds. The largest absolute Gasteiger partial charge is 0.511 e. The molecule has 2 rings (SSSR count). The highest BCUT2D eigenvalue weighted by molar-refractivity contribution is 5.60. The molecule has 0 unspecified atom stereocenters. The number of rotatable bonds is 9. The van der Waals surface area contributed by atoms with Gasteiger partial charge in [-0.25, -0.2) is 4.79 Å². The van der Waals surface area contributed by atoms with Gasteiger partial charge in [-0.15, -0.1) is 0 Å². The van der Waals surface area contributed by atoms with E-state index in [9.17, 15) is 4.79 Å². The number of unbranched alkanes of at least 4 members (excludes halogenated alkanes) is 6. The zero-order valence-electron chi connectivity index (χ0n) is 15.2. The maximum absolute atomic E-state index is 9.95. The van der Waals surface area contributed by atoms with Gasteiger partial charge in [0.25, 0.3) is 0 Å². The smallest absolute Gasteiger partial charge is 0.449 e. The second-order valence-electron chi connectivity index (χ2n) is 6.04. The molecule has 136 valence electrons. The second kappa shape index (κ2) is 14.1. The Bertz CT molecular complexity index is 552. The second-order valence-corrected chi connectivity index (χ2v) is 6.04. The molecule has 0 fully saturated rings. The molecule has 0 radical (unpaired) electrons. The van der Waals surface area contributed by atoms with Crippen molar-refractivity contribution in [1.29, 1.82) is 0 Å². The van der Waals surface area contributed by atoms with Crippen LogP contribution in [0.15, 0.2) is 60.7 Å². The molecule has 3 heteroatoms. The minimum absolute atomic E-state index is 0.343. The van der Waals surface area contributed by atoms with E-state index in [0.717, 1.165) is 0 Å². The van der Waals surface area contributed by atoms with Crippen LogP contribution in [0.4, 0.5) is 4.79 Å². The first-order valence-electron chi connectivity index (χ1n) is 9.22. The first kappa shape index (κ1) is 20.8. The Balaban J connectivity index is 0.000000271. The Morgan fingerprint density at radius 2 is 1.32 bits per heavy atom. The van der Waals surface area contributed by atoms with Gasteiger partial charge in [-0.3, -0.25) is 0 Å². The molecule has 0 atom stereocenters. The van der Waals surface area contributed by atoms with Gasteiger partial charge in [0.2, 0.25) is 0 Å². The van der Waals surface area contributed by atoms with E-state index in [1.807, 2.05) is 0 Å². The maximum Gasteiger partial charge on any atom is 0.511 e. The van der Waals surface area contributed by atoms with Gasteiger partial charge in [0.1, 0.15) is 5.75 Å². The summed E-state index contributed by atoms with van der Waals surface area (Å²) >= 11 is 0. The molecule has 0 aliphatic carbocycles. The Morgan fingerprint density at radius 1 is 0.800 bits per heavy atom. The lowest BCUT2D eigenvalue weighted by Gasteiger charge is -2.01. The van der Waals surface area contributed by atoms with Crippen molar-refractivity contribution in [1.82, 2.24) is 0 Å². The molecule has 0 aliphatic heterocycles. The fraction of sp³-hybridized carbons (Fsp3) is 0.409. The van der Waals surface area contributed by atoms with Gasteiger partial charge in [-0.1, -0.05) is 94.0 Å². The van der Waals surface area contributed by atoms with Crippen molar-refractivity contribution in [3.05, 3.63) is 66.2 Å². The predicted molar refractivity (Wildman–Crippen MR) is 103 cm³/mol. The van der Waals surface area contributed by atoms with Crippen LogP contribution in [0.1, 0.15) is 57.4 Å². The number of aryl methyl sites for hydroxylation is 1. The number of hydrogen-bond acceptors (Lipinski definition) is 2. The predicted octanol–water partition coefficient (Wildman–Crippen LogP) is 6.72. The molecular weight excluding hydrogens is 312 g/mol. The summed E-state index contributed by atoms with van der Waals surface area (Å²) in [5.74, 6) is 0.343. The van der Waals surface area contributed by atoms with Crippen molar-refractivity contribution in [2.45, 2.75) is 58.3 Å². The Labute approximate surface area is 151 Å². The van der Waals surface area contributed by atoms with E-state index in [4.69, 9.17) is 5.11 Å². The minimum Gasteiger partial charge on any atom is -0.449 e. The Kier molecular flexibility index (Phi) is 11.7. The molecule has 0 spiro atoms. The molecule has 0 aliphatic rings. The molecule has 0 bridgehead atoms. The monoisotopic (exact) mass is 342 g/mol. The summed E-state index contributed by atoms with van der Waals surface area (Å²) in [4.78, 5) is 9.95. The number of ether oxygens (including phenoxy) is 1. The summed E-state index contributed by atoms with van der Waals surface area (Å²) in [6.07, 6.45) is 9.79. The summed E-state index contributed by atoms with van der Waals surface area (Å²) in [5, 5.41) is 8.14. The van der Waals surface area contributed by atoms with Crippen LogP contribution in [0.3, 0.4) is 0 Å². The average Bonchev–Trinajstić information content (AvgIpc) is 2.63. The molecule has 0 aromatic heterocycles. The quantitative estimate of drug-likeness (QED) is 0.312. The minimum atomic E-state index is -1.29.